The topological polar surface area (TPSA) is 142 Å². The van der Waals surface area contributed by atoms with Gasteiger partial charge in [-0.1, -0.05) is 0 Å². The Bertz CT molecular complexity index is 268. The molecule has 0 aromatic heterocycles. The van der Waals surface area contributed by atoms with E-state index in [4.69, 9.17) is 20.3 Å². The lowest BCUT2D eigenvalue weighted by molar-refractivity contribution is -0.230. The third-order valence-electron chi connectivity index (χ3n) is 2.13. The van der Waals surface area contributed by atoms with Gasteiger partial charge < -0.3 is 30.5 Å². The fraction of sp³-hybridized carbons (Fsp3) is 1.00. The second kappa shape index (κ2) is 4.44. The van der Waals surface area contributed by atoms with Crippen molar-refractivity contribution in [3.63, 3.8) is 0 Å². The van der Waals surface area contributed by atoms with Crippen LogP contribution in [-0.4, -0.2) is 50.6 Å². The number of hydrogen-bond acceptors (Lipinski definition) is 6. The van der Waals surface area contributed by atoms with Crippen molar-refractivity contribution in [2.45, 2.75) is 37.6 Å². The maximum Gasteiger partial charge on any atom is 0.471 e. The first-order chi connectivity index (χ1) is 6.72. The molecule has 15 heavy (non-hydrogen) atoms. The van der Waals surface area contributed by atoms with Gasteiger partial charge in [-0.05, 0) is 6.92 Å². The van der Waals surface area contributed by atoms with Crippen LogP contribution in [0.5, 0.6) is 0 Å². The smallest absolute Gasteiger partial charge is 0.388 e. The predicted molar refractivity (Wildman–Crippen MR) is 47.5 cm³/mol. The van der Waals surface area contributed by atoms with Crippen molar-refractivity contribution in [1.82, 2.24) is 0 Å². The second-order valence-electron chi connectivity index (χ2n) is 3.36. The summed E-state index contributed by atoms with van der Waals surface area (Å²) >= 11 is 0. The molecule has 1 heterocycles. The Morgan fingerprint density at radius 1 is 1.33 bits per heavy atom. The van der Waals surface area contributed by atoms with Crippen LogP contribution in [0.1, 0.15) is 6.92 Å². The van der Waals surface area contributed by atoms with E-state index in [1.165, 1.54) is 6.92 Å². The minimum Gasteiger partial charge on any atom is -0.388 e. The molecule has 1 fully saturated rings. The van der Waals surface area contributed by atoms with Crippen molar-refractivity contribution in [2.24, 2.45) is 5.73 Å². The Labute approximate surface area is 85.9 Å². The van der Waals surface area contributed by atoms with Gasteiger partial charge in [0, 0.05) is 0 Å². The minimum atomic E-state index is -4.74. The quantitative estimate of drug-likeness (QED) is 0.347. The van der Waals surface area contributed by atoms with Gasteiger partial charge in [0.1, 0.15) is 12.2 Å². The van der Waals surface area contributed by atoms with Crippen LogP contribution < -0.4 is 5.73 Å². The number of aliphatic hydroxyl groups excluding tert-OH is 2. The lowest BCUT2D eigenvalue weighted by Gasteiger charge is -2.39. The van der Waals surface area contributed by atoms with E-state index in [2.05, 4.69) is 4.52 Å². The van der Waals surface area contributed by atoms with Gasteiger partial charge in [0.05, 0.1) is 12.1 Å². The summed E-state index contributed by atoms with van der Waals surface area (Å²) in [6.45, 7) is 1.43. The molecule has 1 saturated heterocycles. The maximum absolute atomic E-state index is 10.5. The molecule has 0 aromatic carbocycles. The highest BCUT2D eigenvalue weighted by Crippen LogP contribution is 2.40. The van der Waals surface area contributed by atoms with E-state index < -0.39 is 38.5 Å². The number of nitrogens with two attached hydrogens (primary N) is 1. The van der Waals surface area contributed by atoms with Crippen LogP contribution in [0.15, 0.2) is 0 Å². The first kappa shape index (κ1) is 13.0. The van der Waals surface area contributed by atoms with Crippen LogP contribution in [0.3, 0.4) is 0 Å². The van der Waals surface area contributed by atoms with Gasteiger partial charge in [0.2, 0.25) is 0 Å². The highest BCUT2D eigenvalue weighted by molar-refractivity contribution is 7.46. The highest BCUT2D eigenvalue weighted by atomic mass is 31.2. The van der Waals surface area contributed by atoms with Crippen molar-refractivity contribution in [3.05, 3.63) is 0 Å². The lowest BCUT2D eigenvalue weighted by Crippen LogP contribution is -2.60. The number of hydrogen-bond donors (Lipinski definition) is 5. The van der Waals surface area contributed by atoms with E-state index >= 15 is 0 Å². The Morgan fingerprint density at radius 2 is 1.87 bits per heavy atom. The van der Waals surface area contributed by atoms with E-state index in [1.807, 2.05) is 0 Å². The van der Waals surface area contributed by atoms with E-state index in [0.717, 1.165) is 0 Å². The van der Waals surface area contributed by atoms with Crippen LogP contribution >= 0.6 is 7.82 Å². The first-order valence-electron chi connectivity index (χ1n) is 4.23. The average Bonchev–Trinajstić information content (AvgIpc) is 2.08. The van der Waals surface area contributed by atoms with Crippen LogP contribution in [0, 0.1) is 0 Å². The summed E-state index contributed by atoms with van der Waals surface area (Å²) in [5, 5.41) is 18.7. The molecule has 9 heteroatoms. The number of phosphoric ester groups is 1. The van der Waals surface area contributed by atoms with E-state index in [9.17, 15) is 14.8 Å². The Morgan fingerprint density at radius 3 is 2.33 bits per heavy atom. The molecule has 5 atom stereocenters. The SMILES string of the molecule is CC1O[C@H](OP(=O)(O)O)C(N)C(O)[C@H]1O. The summed E-state index contributed by atoms with van der Waals surface area (Å²) in [4.78, 5) is 17.1. The average molecular weight is 243 g/mol. The third kappa shape index (κ3) is 3.20. The molecule has 0 amide bonds. The predicted octanol–water partition coefficient (Wildman–Crippen LogP) is -2.11. The van der Waals surface area contributed by atoms with E-state index in [1.54, 1.807) is 0 Å². The molecule has 6 N–H and O–H groups in total. The van der Waals surface area contributed by atoms with E-state index in [-0.39, 0.29) is 0 Å². The summed E-state index contributed by atoms with van der Waals surface area (Å²) in [5.41, 5.74) is 5.38. The molecular formula is C6H14NO7P. The molecule has 0 aliphatic carbocycles. The molecule has 8 nitrogen and oxygen atoms in total. The standard InChI is InChI=1S/C6H14NO7P/c1-2-4(8)5(9)3(7)6(13-2)14-15(10,11)12/h2-6,8-9H,7H2,1H3,(H2,10,11,12)/t2?,3?,4-,5?,6+/m0/s1. The summed E-state index contributed by atoms with van der Waals surface area (Å²) in [7, 11) is -4.74. The van der Waals surface area contributed by atoms with Gasteiger partial charge in [0.25, 0.3) is 0 Å². The van der Waals surface area contributed by atoms with Crippen LogP contribution in [-0.2, 0) is 13.8 Å². The van der Waals surface area contributed by atoms with Crippen LogP contribution in [0.4, 0.5) is 0 Å². The fourth-order valence-electron chi connectivity index (χ4n) is 1.28. The summed E-state index contributed by atoms with van der Waals surface area (Å²) in [6, 6.07) is -1.22. The number of aliphatic hydroxyl groups is 2. The van der Waals surface area contributed by atoms with Crippen molar-refractivity contribution in [3.8, 4) is 0 Å². The summed E-state index contributed by atoms with van der Waals surface area (Å²) in [6.07, 6.45) is -4.84. The zero-order valence-electron chi connectivity index (χ0n) is 7.92. The molecule has 0 bridgehead atoms. The Kier molecular flexibility index (Phi) is 3.85. The van der Waals surface area contributed by atoms with Crippen LogP contribution in [0.2, 0.25) is 0 Å². The third-order valence-corrected chi connectivity index (χ3v) is 2.61. The zero-order chi connectivity index (χ0) is 11.8. The molecule has 0 saturated carbocycles. The minimum absolute atomic E-state index is 0.823. The largest absolute Gasteiger partial charge is 0.471 e. The van der Waals surface area contributed by atoms with Crippen molar-refractivity contribution in [1.29, 1.82) is 0 Å². The van der Waals surface area contributed by atoms with Gasteiger partial charge in [-0.25, -0.2) is 4.57 Å². The molecule has 0 radical (unpaired) electrons. The first-order valence-corrected chi connectivity index (χ1v) is 5.76. The molecular weight excluding hydrogens is 229 g/mol. The zero-order valence-corrected chi connectivity index (χ0v) is 8.82. The molecule has 1 aliphatic heterocycles. The number of phosphoric acid groups is 1. The Hall–Kier alpha value is -0.0500. The highest BCUT2D eigenvalue weighted by Gasteiger charge is 2.43. The number of rotatable bonds is 2. The van der Waals surface area contributed by atoms with Crippen molar-refractivity contribution in [2.75, 3.05) is 0 Å². The maximum atomic E-state index is 10.5. The van der Waals surface area contributed by atoms with Gasteiger partial charge in [-0.15, -0.1) is 0 Å². The summed E-state index contributed by atoms with van der Waals surface area (Å²) < 4.78 is 19.7. The van der Waals surface area contributed by atoms with Gasteiger partial charge in [0.15, 0.2) is 6.29 Å². The molecule has 1 aliphatic rings. The van der Waals surface area contributed by atoms with E-state index in [0.29, 0.717) is 0 Å². The van der Waals surface area contributed by atoms with Crippen molar-refractivity contribution >= 4 is 7.82 Å². The summed E-state index contributed by atoms with van der Waals surface area (Å²) in [5.74, 6) is 0. The second-order valence-corrected chi connectivity index (χ2v) is 4.56. The number of ether oxygens (including phenoxy) is 1. The Balaban J connectivity index is 2.71. The molecule has 3 unspecified atom stereocenters. The lowest BCUT2D eigenvalue weighted by atomic mass is 9.99. The normalized spacial score (nSPS) is 42.9. The molecule has 0 aromatic rings. The molecule has 90 valence electrons. The molecule has 0 spiro atoms. The van der Waals surface area contributed by atoms with Gasteiger partial charge in [-0.3, -0.25) is 4.52 Å². The molecule has 1 rings (SSSR count). The van der Waals surface area contributed by atoms with Gasteiger partial charge >= 0.3 is 7.82 Å². The monoisotopic (exact) mass is 243 g/mol. The van der Waals surface area contributed by atoms with Crippen LogP contribution in [0.25, 0.3) is 0 Å². The van der Waals surface area contributed by atoms with Crippen molar-refractivity contribution < 1.29 is 33.8 Å². The van der Waals surface area contributed by atoms with Gasteiger partial charge in [-0.2, -0.15) is 0 Å². The fourth-order valence-corrected chi connectivity index (χ4v) is 1.74.